The van der Waals surface area contributed by atoms with Gasteiger partial charge in [0.1, 0.15) is 0 Å². The molecule has 108 valence electrons. The van der Waals surface area contributed by atoms with Gasteiger partial charge >= 0.3 is 0 Å². The molecule has 0 amide bonds. The number of aryl methyl sites for hydroxylation is 1. The Morgan fingerprint density at radius 3 is 2.11 bits per heavy atom. The van der Waals surface area contributed by atoms with Crippen molar-refractivity contribution in [2.45, 2.75) is 39.3 Å². The minimum absolute atomic E-state index is 0.489. The van der Waals surface area contributed by atoms with Gasteiger partial charge in [-0.1, -0.05) is 31.2 Å². The van der Waals surface area contributed by atoms with E-state index in [4.69, 9.17) is 0 Å². The van der Waals surface area contributed by atoms with Crippen LogP contribution >= 0.6 is 0 Å². The van der Waals surface area contributed by atoms with Gasteiger partial charge in [0, 0.05) is 18.6 Å². The first-order chi connectivity index (χ1) is 8.72. The van der Waals surface area contributed by atoms with Gasteiger partial charge in [0.05, 0.1) is 6.26 Å². The summed E-state index contributed by atoms with van der Waals surface area (Å²) in [5, 5.41) is 3.28. The molecule has 5 heteroatoms. The highest BCUT2D eigenvalue weighted by Gasteiger charge is 2.21. The maximum absolute atomic E-state index is 11.2. The number of hydrogen-bond donors (Lipinski definition) is 2. The van der Waals surface area contributed by atoms with Gasteiger partial charge in [0.15, 0.2) is 0 Å². The molecule has 0 saturated heterocycles. The summed E-state index contributed by atoms with van der Waals surface area (Å²) in [4.78, 5) is 0. The Labute approximate surface area is 116 Å². The van der Waals surface area contributed by atoms with Crippen LogP contribution in [0.25, 0.3) is 0 Å². The van der Waals surface area contributed by atoms with E-state index in [0.717, 1.165) is 13.0 Å². The van der Waals surface area contributed by atoms with E-state index in [1.165, 1.54) is 17.4 Å². The zero-order valence-electron chi connectivity index (χ0n) is 12.2. The topological polar surface area (TPSA) is 58.2 Å². The lowest BCUT2D eigenvalue weighted by Gasteiger charge is -2.25. The Balaban J connectivity index is 2.44. The van der Waals surface area contributed by atoms with Crippen LogP contribution in [0.1, 0.15) is 31.9 Å². The third-order valence-electron chi connectivity index (χ3n) is 2.79. The van der Waals surface area contributed by atoms with Crippen LogP contribution in [0, 0.1) is 0 Å². The van der Waals surface area contributed by atoms with Crippen LogP contribution < -0.4 is 10.0 Å². The molecule has 0 bridgehead atoms. The number of nitrogens with one attached hydrogen (secondary N) is 2. The van der Waals surface area contributed by atoms with E-state index in [1.807, 2.05) is 13.8 Å². The standard InChI is InChI=1S/C14H24N2O2S/c1-5-12-6-8-13(9-7-12)10-15-11-14(2,3)16-19(4,17)18/h6-9,15-16H,5,10-11H2,1-4H3. The quantitative estimate of drug-likeness (QED) is 0.801. The molecule has 1 aromatic rings. The van der Waals surface area contributed by atoms with Gasteiger partial charge in [0.25, 0.3) is 0 Å². The Kier molecular flexibility index (Phi) is 5.52. The van der Waals surface area contributed by atoms with Gasteiger partial charge in [0.2, 0.25) is 10.0 Å². The van der Waals surface area contributed by atoms with Crippen LogP contribution in [0.3, 0.4) is 0 Å². The molecule has 1 rings (SSSR count). The van der Waals surface area contributed by atoms with E-state index in [0.29, 0.717) is 6.54 Å². The summed E-state index contributed by atoms with van der Waals surface area (Å²) in [5.74, 6) is 0. The minimum atomic E-state index is -3.18. The minimum Gasteiger partial charge on any atom is -0.311 e. The second kappa shape index (κ2) is 6.50. The van der Waals surface area contributed by atoms with Crippen molar-refractivity contribution in [2.75, 3.05) is 12.8 Å². The molecular weight excluding hydrogens is 260 g/mol. The van der Waals surface area contributed by atoms with E-state index in [1.54, 1.807) is 0 Å². The molecule has 2 N–H and O–H groups in total. The van der Waals surface area contributed by atoms with Crippen molar-refractivity contribution < 1.29 is 8.42 Å². The predicted octanol–water partition coefficient (Wildman–Crippen LogP) is 1.67. The number of hydrogen-bond acceptors (Lipinski definition) is 3. The van der Waals surface area contributed by atoms with Gasteiger partial charge in [-0.15, -0.1) is 0 Å². The second-order valence-corrected chi connectivity index (χ2v) is 7.28. The first-order valence-electron chi connectivity index (χ1n) is 6.49. The third kappa shape index (κ3) is 6.71. The lowest BCUT2D eigenvalue weighted by atomic mass is 10.1. The van der Waals surface area contributed by atoms with E-state index >= 15 is 0 Å². The molecule has 0 atom stereocenters. The van der Waals surface area contributed by atoms with E-state index in [2.05, 4.69) is 41.2 Å². The van der Waals surface area contributed by atoms with Gasteiger partial charge in [-0.3, -0.25) is 0 Å². The molecule has 0 aromatic heterocycles. The van der Waals surface area contributed by atoms with E-state index in [9.17, 15) is 8.42 Å². The molecule has 4 nitrogen and oxygen atoms in total. The maximum atomic E-state index is 11.2. The zero-order valence-corrected chi connectivity index (χ0v) is 13.0. The van der Waals surface area contributed by atoms with Gasteiger partial charge in [-0.25, -0.2) is 13.1 Å². The summed E-state index contributed by atoms with van der Waals surface area (Å²) >= 11 is 0. The highest BCUT2D eigenvalue weighted by Crippen LogP contribution is 2.06. The SMILES string of the molecule is CCc1ccc(CNCC(C)(C)NS(C)(=O)=O)cc1. The lowest BCUT2D eigenvalue weighted by molar-refractivity contribution is 0.421. The zero-order chi connectivity index (χ0) is 14.5. The molecule has 0 heterocycles. The molecule has 0 fully saturated rings. The largest absolute Gasteiger partial charge is 0.311 e. The van der Waals surface area contributed by atoms with Crippen molar-refractivity contribution in [1.82, 2.24) is 10.0 Å². The molecule has 0 radical (unpaired) electrons. The average molecular weight is 284 g/mol. The molecule has 1 aromatic carbocycles. The van der Waals surface area contributed by atoms with Crippen LogP contribution in [0.2, 0.25) is 0 Å². The summed E-state index contributed by atoms with van der Waals surface area (Å²) in [6.07, 6.45) is 2.22. The number of benzene rings is 1. The first-order valence-corrected chi connectivity index (χ1v) is 8.38. The summed E-state index contributed by atoms with van der Waals surface area (Å²) in [5.41, 5.74) is 2.03. The van der Waals surface area contributed by atoms with Crippen molar-refractivity contribution in [3.8, 4) is 0 Å². The summed E-state index contributed by atoms with van der Waals surface area (Å²) in [6.45, 7) is 7.17. The van der Waals surface area contributed by atoms with E-state index < -0.39 is 15.6 Å². The molecule has 0 aliphatic rings. The lowest BCUT2D eigenvalue weighted by Crippen LogP contribution is -2.49. The van der Waals surface area contributed by atoms with Crippen LogP contribution in [-0.4, -0.2) is 26.8 Å². The van der Waals surface area contributed by atoms with Crippen molar-refractivity contribution in [1.29, 1.82) is 0 Å². The summed E-state index contributed by atoms with van der Waals surface area (Å²) < 4.78 is 25.0. The fourth-order valence-corrected chi connectivity index (χ4v) is 3.03. The number of sulfonamides is 1. The van der Waals surface area contributed by atoms with Gasteiger partial charge < -0.3 is 5.32 Å². The summed E-state index contributed by atoms with van der Waals surface area (Å²) in [6, 6.07) is 8.44. The van der Waals surface area contributed by atoms with Gasteiger partial charge in [-0.05, 0) is 31.4 Å². The van der Waals surface area contributed by atoms with Crippen LogP contribution in [0.15, 0.2) is 24.3 Å². The summed E-state index contributed by atoms with van der Waals surface area (Å²) in [7, 11) is -3.18. The van der Waals surface area contributed by atoms with Gasteiger partial charge in [-0.2, -0.15) is 0 Å². The fourth-order valence-electron chi connectivity index (χ4n) is 1.95. The van der Waals surface area contributed by atoms with Crippen molar-refractivity contribution in [2.24, 2.45) is 0 Å². The molecule has 0 saturated carbocycles. The molecular formula is C14H24N2O2S. The highest BCUT2D eigenvalue weighted by molar-refractivity contribution is 7.88. The first kappa shape index (κ1) is 16.1. The van der Waals surface area contributed by atoms with Crippen LogP contribution in [0.5, 0.6) is 0 Å². The van der Waals surface area contributed by atoms with Crippen molar-refractivity contribution in [3.63, 3.8) is 0 Å². The Bertz CT molecular complexity index is 493. The molecule has 19 heavy (non-hydrogen) atoms. The fraction of sp³-hybridized carbons (Fsp3) is 0.571. The third-order valence-corrected chi connectivity index (χ3v) is 3.71. The Morgan fingerprint density at radius 2 is 1.63 bits per heavy atom. The van der Waals surface area contributed by atoms with Crippen LogP contribution in [-0.2, 0) is 23.0 Å². The monoisotopic (exact) mass is 284 g/mol. The Hall–Kier alpha value is -0.910. The number of rotatable bonds is 7. The Morgan fingerprint density at radius 1 is 1.11 bits per heavy atom. The molecule has 0 unspecified atom stereocenters. The highest BCUT2D eigenvalue weighted by atomic mass is 32.2. The van der Waals surface area contributed by atoms with E-state index in [-0.39, 0.29) is 0 Å². The normalized spacial score (nSPS) is 12.6. The molecule has 0 aliphatic heterocycles. The second-order valence-electron chi connectivity index (χ2n) is 5.53. The smallest absolute Gasteiger partial charge is 0.209 e. The van der Waals surface area contributed by atoms with Crippen molar-refractivity contribution >= 4 is 10.0 Å². The predicted molar refractivity (Wildman–Crippen MR) is 79.6 cm³/mol. The molecule has 0 aliphatic carbocycles. The molecule has 0 spiro atoms. The van der Waals surface area contributed by atoms with Crippen molar-refractivity contribution in [3.05, 3.63) is 35.4 Å². The van der Waals surface area contributed by atoms with Crippen LogP contribution in [0.4, 0.5) is 0 Å². The average Bonchev–Trinajstić information content (AvgIpc) is 2.26. The maximum Gasteiger partial charge on any atom is 0.209 e.